The number of carboxylic acid groups (broad SMARTS) is 1. The van der Waals surface area contributed by atoms with Crippen molar-refractivity contribution in [2.24, 2.45) is 0 Å². The highest BCUT2D eigenvalue weighted by molar-refractivity contribution is 6.30. The molecule has 2 aromatic rings. The minimum Gasteiger partial charge on any atom is -0.478 e. The van der Waals surface area contributed by atoms with Crippen LogP contribution in [0.5, 0.6) is 0 Å². The van der Waals surface area contributed by atoms with Gasteiger partial charge in [0.25, 0.3) is 0 Å². The summed E-state index contributed by atoms with van der Waals surface area (Å²) in [6.07, 6.45) is 2.29. The van der Waals surface area contributed by atoms with Crippen LogP contribution in [0.1, 0.15) is 40.2 Å². The molecule has 0 saturated carbocycles. The van der Waals surface area contributed by atoms with Crippen molar-refractivity contribution >= 4 is 17.6 Å². The average Bonchev–Trinajstić information content (AvgIpc) is 2.56. The number of carboxylic acids is 1. The Kier molecular flexibility index (Phi) is 4.99. The van der Waals surface area contributed by atoms with E-state index in [0.29, 0.717) is 18.0 Å². The zero-order chi connectivity index (χ0) is 16.2. The minimum absolute atomic E-state index is 0.404. The van der Waals surface area contributed by atoms with E-state index in [0.717, 1.165) is 30.1 Å². The molecule has 120 valence electrons. The van der Waals surface area contributed by atoms with Gasteiger partial charge in [0.15, 0.2) is 0 Å². The van der Waals surface area contributed by atoms with E-state index in [2.05, 4.69) is 17.0 Å². The van der Waals surface area contributed by atoms with Gasteiger partial charge in [-0.15, -0.1) is 0 Å². The summed E-state index contributed by atoms with van der Waals surface area (Å²) in [6, 6.07) is 15.4. The van der Waals surface area contributed by atoms with Gasteiger partial charge in [0.2, 0.25) is 0 Å². The molecule has 1 aliphatic heterocycles. The number of hydrogen-bond donors (Lipinski definition) is 1. The number of halogens is 1. The highest BCUT2D eigenvalue weighted by Crippen LogP contribution is 2.29. The first-order chi connectivity index (χ1) is 11.1. The number of hydrogen-bond acceptors (Lipinski definition) is 2. The second kappa shape index (κ2) is 7.16. The lowest BCUT2D eigenvalue weighted by Gasteiger charge is -2.33. The summed E-state index contributed by atoms with van der Waals surface area (Å²) in [7, 11) is 0. The van der Waals surface area contributed by atoms with Crippen LogP contribution in [-0.4, -0.2) is 29.1 Å². The van der Waals surface area contributed by atoms with Crippen LogP contribution in [-0.2, 0) is 6.54 Å². The fourth-order valence-electron chi connectivity index (χ4n) is 3.31. The van der Waals surface area contributed by atoms with Gasteiger partial charge in [0.05, 0.1) is 5.56 Å². The Morgan fingerprint density at radius 3 is 2.65 bits per heavy atom. The summed E-state index contributed by atoms with van der Waals surface area (Å²) >= 11 is 5.97. The molecule has 1 atom stereocenters. The maximum absolute atomic E-state index is 11.4. The molecule has 2 aromatic carbocycles. The van der Waals surface area contributed by atoms with Crippen molar-refractivity contribution in [3.8, 4) is 0 Å². The predicted octanol–water partition coefficient (Wildman–Crippen LogP) is 4.42. The third-order valence-corrected chi connectivity index (χ3v) is 4.74. The Morgan fingerprint density at radius 2 is 1.91 bits per heavy atom. The fraction of sp³-hybridized carbons (Fsp3) is 0.316. The molecule has 1 N–H and O–H groups in total. The molecule has 0 bridgehead atoms. The molecule has 0 spiro atoms. The summed E-state index contributed by atoms with van der Waals surface area (Å²) in [5, 5.41) is 10.1. The summed E-state index contributed by atoms with van der Waals surface area (Å²) in [5.41, 5.74) is 2.60. The largest absolute Gasteiger partial charge is 0.478 e. The molecule has 0 radical (unpaired) electrons. The van der Waals surface area contributed by atoms with Crippen LogP contribution in [0.2, 0.25) is 5.02 Å². The monoisotopic (exact) mass is 329 g/mol. The number of benzene rings is 2. The second-order valence-corrected chi connectivity index (χ2v) is 6.52. The Balaban J connectivity index is 1.72. The summed E-state index contributed by atoms with van der Waals surface area (Å²) < 4.78 is 0. The molecule has 0 amide bonds. The lowest BCUT2D eigenvalue weighted by Crippen LogP contribution is -2.34. The van der Waals surface area contributed by atoms with Crippen molar-refractivity contribution in [3.05, 3.63) is 70.2 Å². The van der Waals surface area contributed by atoms with Crippen molar-refractivity contribution < 1.29 is 9.90 Å². The summed E-state index contributed by atoms with van der Waals surface area (Å²) in [4.78, 5) is 13.7. The Morgan fingerprint density at radius 1 is 1.17 bits per heavy atom. The molecule has 3 rings (SSSR count). The SMILES string of the molecule is O=C(O)c1ccccc1CN1CCCC(c2ccc(Cl)cc2)C1. The molecule has 0 aliphatic carbocycles. The van der Waals surface area contributed by atoms with Crippen LogP contribution >= 0.6 is 11.6 Å². The standard InChI is InChI=1S/C19H20ClNO2/c20-17-9-7-14(8-10-17)15-5-3-11-21(12-15)13-16-4-1-2-6-18(16)19(22)23/h1-2,4,6-10,15H,3,5,11-13H2,(H,22,23). The molecule has 4 heteroatoms. The van der Waals surface area contributed by atoms with Crippen LogP contribution in [0.3, 0.4) is 0 Å². The van der Waals surface area contributed by atoms with Gasteiger partial charge in [-0.2, -0.15) is 0 Å². The third-order valence-electron chi connectivity index (χ3n) is 4.49. The maximum atomic E-state index is 11.4. The molecule has 1 heterocycles. The Labute approximate surface area is 141 Å². The van der Waals surface area contributed by atoms with Crippen LogP contribution in [0.25, 0.3) is 0 Å². The van der Waals surface area contributed by atoms with Gasteiger partial charge in [-0.25, -0.2) is 4.79 Å². The van der Waals surface area contributed by atoms with E-state index in [4.69, 9.17) is 11.6 Å². The lowest BCUT2D eigenvalue weighted by atomic mass is 9.90. The molecule has 1 fully saturated rings. The zero-order valence-corrected chi connectivity index (χ0v) is 13.7. The Bertz CT molecular complexity index is 684. The van der Waals surface area contributed by atoms with Gasteiger partial charge in [0.1, 0.15) is 0 Å². The van der Waals surface area contributed by atoms with Gasteiger partial charge >= 0.3 is 5.97 Å². The smallest absolute Gasteiger partial charge is 0.336 e. The molecule has 3 nitrogen and oxygen atoms in total. The summed E-state index contributed by atoms with van der Waals surface area (Å²) in [6.45, 7) is 2.65. The number of aromatic carboxylic acids is 1. The van der Waals surface area contributed by atoms with Gasteiger partial charge in [-0.3, -0.25) is 4.90 Å². The van der Waals surface area contributed by atoms with Crippen molar-refractivity contribution in [1.82, 2.24) is 4.90 Å². The van der Waals surface area contributed by atoms with E-state index >= 15 is 0 Å². The maximum Gasteiger partial charge on any atom is 0.336 e. The molecule has 0 aromatic heterocycles. The zero-order valence-electron chi connectivity index (χ0n) is 12.9. The molecule has 1 unspecified atom stereocenters. The van der Waals surface area contributed by atoms with E-state index in [-0.39, 0.29) is 0 Å². The van der Waals surface area contributed by atoms with Crippen molar-refractivity contribution in [2.75, 3.05) is 13.1 Å². The molecular formula is C19H20ClNO2. The van der Waals surface area contributed by atoms with Gasteiger partial charge in [0, 0.05) is 18.1 Å². The van der Waals surface area contributed by atoms with Crippen molar-refractivity contribution in [1.29, 1.82) is 0 Å². The van der Waals surface area contributed by atoms with Crippen molar-refractivity contribution in [2.45, 2.75) is 25.3 Å². The van der Waals surface area contributed by atoms with Gasteiger partial charge < -0.3 is 5.11 Å². The van der Waals surface area contributed by atoms with Crippen LogP contribution < -0.4 is 0 Å². The fourth-order valence-corrected chi connectivity index (χ4v) is 3.44. The predicted molar refractivity (Wildman–Crippen MR) is 92.1 cm³/mol. The first kappa shape index (κ1) is 16.0. The highest BCUT2D eigenvalue weighted by Gasteiger charge is 2.22. The van der Waals surface area contributed by atoms with E-state index in [1.54, 1.807) is 12.1 Å². The number of nitrogens with zero attached hydrogens (tertiary/aromatic N) is 1. The van der Waals surface area contributed by atoms with E-state index in [1.807, 2.05) is 24.3 Å². The Hall–Kier alpha value is -1.84. The first-order valence-electron chi connectivity index (χ1n) is 7.92. The van der Waals surface area contributed by atoms with Gasteiger partial charge in [-0.05, 0) is 54.6 Å². The number of piperidine rings is 1. The van der Waals surface area contributed by atoms with E-state index in [9.17, 15) is 9.90 Å². The number of rotatable bonds is 4. The number of carbonyl (C=O) groups is 1. The van der Waals surface area contributed by atoms with Crippen LogP contribution in [0, 0.1) is 0 Å². The topological polar surface area (TPSA) is 40.5 Å². The van der Waals surface area contributed by atoms with E-state index in [1.165, 1.54) is 12.0 Å². The minimum atomic E-state index is -0.855. The average molecular weight is 330 g/mol. The highest BCUT2D eigenvalue weighted by atomic mass is 35.5. The molecular weight excluding hydrogens is 310 g/mol. The molecule has 23 heavy (non-hydrogen) atoms. The second-order valence-electron chi connectivity index (χ2n) is 6.09. The number of likely N-dealkylation sites (tertiary alicyclic amines) is 1. The van der Waals surface area contributed by atoms with Gasteiger partial charge in [-0.1, -0.05) is 41.9 Å². The van der Waals surface area contributed by atoms with E-state index < -0.39 is 5.97 Å². The summed E-state index contributed by atoms with van der Waals surface area (Å²) in [5.74, 6) is -0.370. The lowest BCUT2D eigenvalue weighted by molar-refractivity contribution is 0.0694. The van der Waals surface area contributed by atoms with Crippen molar-refractivity contribution in [3.63, 3.8) is 0 Å². The third kappa shape index (κ3) is 3.92. The first-order valence-corrected chi connectivity index (χ1v) is 8.30. The van der Waals surface area contributed by atoms with Crippen LogP contribution in [0.15, 0.2) is 48.5 Å². The molecule has 1 saturated heterocycles. The van der Waals surface area contributed by atoms with Crippen LogP contribution in [0.4, 0.5) is 0 Å². The molecule has 1 aliphatic rings. The quantitative estimate of drug-likeness (QED) is 0.902. The normalized spacial score (nSPS) is 18.7.